The number of hydrogen-bond acceptors (Lipinski definition) is 2. The maximum atomic E-state index is 12.9. The van der Waals surface area contributed by atoms with Crippen molar-refractivity contribution in [3.63, 3.8) is 0 Å². The van der Waals surface area contributed by atoms with Gasteiger partial charge in [0.1, 0.15) is 0 Å². The van der Waals surface area contributed by atoms with Crippen LogP contribution in [0.5, 0.6) is 0 Å². The van der Waals surface area contributed by atoms with E-state index in [0.29, 0.717) is 11.8 Å². The summed E-state index contributed by atoms with van der Waals surface area (Å²) < 4.78 is 38.7. The van der Waals surface area contributed by atoms with Crippen molar-refractivity contribution in [1.29, 1.82) is 0 Å². The Kier molecular flexibility index (Phi) is 3.90. The predicted molar refractivity (Wildman–Crippen MR) is 83.6 cm³/mol. The van der Waals surface area contributed by atoms with Gasteiger partial charge in [-0.2, -0.15) is 18.3 Å². The van der Waals surface area contributed by atoms with E-state index in [1.807, 2.05) is 0 Å². The minimum absolute atomic E-state index is 0.0506. The maximum absolute atomic E-state index is 12.9. The van der Waals surface area contributed by atoms with Crippen LogP contribution in [0.25, 0.3) is 0 Å². The van der Waals surface area contributed by atoms with Crippen molar-refractivity contribution < 1.29 is 13.2 Å². The number of allylic oxidation sites excluding steroid dienone is 2. The lowest BCUT2D eigenvalue weighted by atomic mass is 9.74. The molecule has 0 radical (unpaired) electrons. The SMILES string of the molecule is FC(F)(F)c1ccccc1NC(=S)N/N=C1/C[C@H]2CC=C[C@@H]12. The molecule has 0 bridgehead atoms. The quantitative estimate of drug-likeness (QED) is 0.491. The number of fused-ring (bicyclic) bond motifs is 1. The predicted octanol–water partition coefficient (Wildman–Crippen LogP) is 3.94. The maximum Gasteiger partial charge on any atom is 0.418 e. The molecule has 3 rings (SSSR count). The van der Waals surface area contributed by atoms with Crippen molar-refractivity contribution in [2.24, 2.45) is 16.9 Å². The molecule has 22 heavy (non-hydrogen) atoms. The van der Waals surface area contributed by atoms with E-state index in [0.717, 1.165) is 24.6 Å². The number of hydrazone groups is 1. The zero-order chi connectivity index (χ0) is 15.7. The summed E-state index contributed by atoms with van der Waals surface area (Å²) in [7, 11) is 0. The number of benzene rings is 1. The molecule has 0 amide bonds. The Hall–Kier alpha value is -1.89. The molecule has 0 aliphatic heterocycles. The minimum atomic E-state index is -4.43. The normalized spacial score (nSPS) is 24.8. The van der Waals surface area contributed by atoms with Crippen molar-refractivity contribution in [3.05, 3.63) is 42.0 Å². The molecule has 7 heteroatoms. The van der Waals surface area contributed by atoms with Crippen LogP contribution in [0.15, 0.2) is 41.5 Å². The smallest absolute Gasteiger partial charge is 0.331 e. The van der Waals surface area contributed by atoms with Gasteiger partial charge in [-0.1, -0.05) is 24.3 Å². The van der Waals surface area contributed by atoms with Gasteiger partial charge >= 0.3 is 6.18 Å². The second kappa shape index (κ2) is 5.72. The molecule has 0 heterocycles. The van der Waals surface area contributed by atoms with E-state index in [4.69, 9.17) is 12.2 Å². The zero-order valence-corrected chi connectivity index (χ0v) is 12.3. The van der Waals surface area contributed by atoms with Crippen LogP contribution >= 0.6 is 12.2 Å². The molecule has 0 saturated heterocycles. The average Bonchev–Trinajstić information content (AvgIpc) is 2.80. The van der Waals surface area contributed by atoms with Crippen LogP contribution in [-0.2, 0) is 6.18 Å². The van der Waals surface area contributed by atoms with Crippen LogP contribution < -0.4 is 10.7 Å². The van der Waals surface area contributed by atoms with Crippen molar-refractivity contribution in [2.75, 3.05) is 5.32 Å². The molecule has 0 spiro atoms. The highest BCUT2D eigenvalue weighted by molar-refractivity contribution is 7.80. The Morgan fingerprint density at radius 1 is 1.27 bits per heavy atom. The number of hydrogen-bond donors (Lipinski definition) is 2. The Labute approximate surface area is 131 Å². The first-order chi connectivity index (χ1) is 10.4. The Morgan fingerprint density at radius 3 is 2.77 bits per heavy atom. The minimum Gasteiger partial charge on any atom is -0.331 e. The monoisotopic (exact) mass is 325 g/mol. The first-order valence-corrected chi connectivity index (χ1v) is 7.32. The summed E-state index contributed by atoms with van der Waals surface area (Å²) >= 11 is 5.01. The number of halogens is 3. The standard InChI is InChI=1S/C15H14F3N3S/c16-15(17,18)11-6-1-2-7-12(11)19-14(22)21-20-13-8-9-4-3-5-10(9)13/h1-3,5-7,9-10H,4,8H2,(H2,19,21,22)/b20-13-/t9-,10-/m1/s1. The summed E-state index contributed by atoms with van der Waals surface area (Å²) in [5.74, 6) is 0.991. The first kappa shape index (κ1) is 15.0. The number of para-hydroxylation sites is 1. The van der Waals surface area contributed by atoms with E-state index in [2.05, 4.69) is 28.0 Å². The number of anilines is 1. The van der Waals surface area contributed by atoms with E-state index in [9.17, 15) is 13.2 Å². The highest BCUT2D eigenvalue weighted by Crippen LogP contribution is 2.40. The molecule has 1 saturated carbocycles. The fourth-order valence-corrected chi connectivity index (χ4v) is 2.93. The molecule has 0 unspecified atom stereocenters. The summed E-state index contributed by atoms with van der Waals surface area (Å²) in [6.07, 6.45) is 1.80. The van der Waals surface area contributed by atoms with Gasteiger partial charge in [-0.25, -0.2) is 0 Å². The lowest BCUT2D eigenvalue weighted by molar-refractivity contribution is -0.136. The highest BCUT2D eigenvalue weighted by atomic mass is 32.1. The Balaban J connectivity index is 1.63. The molecule has 1 aromatic rings. The lowest BCUT2D eigenvalue weighted by Crippen LogP contribution is -2.36. The Bertz CT molecular complexity index is 652. The van der Waals surface area contributed by atoms with Crippen molar-refractivity contribution in [1.82, 2.24) is 5.43 Å². The van der Waals surface area contributed by atoms with Crippen LogP contribution in [-0.4, -0.2) is 10.8 Å². The van der Waals surface area contributed by atoms with E-state index >= 15 is 0 Å². The molecule has 2 aliphatic carbocycles. The van der Waals surface area contributed by atoms with Gasteiger partial charge in [0, 0.05) is 11.6 Å². The topological polar surface area (TPSA) is 36.4 Å². The average molecular weight is 325 g/mol. The second-order valence-electron chi connectivity index (χ2n) is 5.37. The summed E-state index contributed by atoms with van der Waals surface area (Å²) in [5, 5.41) is 6.80. The fraction of sp³-hybridized carbons (Fsp3) is 0.333. The van der Waals surface area contributed by atoms with Crippen LogP contribution in [0.4, 0.5) is 18.9 Å². The summed E-state index contributed by atoms with van der Waals surface area (Å²) in [4.78, 5) is 0. The van der Waals surface area contributed by atoms with Crippen molar-refractivity contribution in [3.8, 4) is 0 Å². The third-order valence-corrected chi connectivity index (χ3v) is 4.12. The zero-order valence-electron chi connectivity index (χ0n) is 11.5. The van der Waals surface area contributed by atoms with E-state index in [1.165, 1.54) is 18.2 Å². The van der Waals surface area contributed by atoms with Gasteiger partial charge in [-0.3, -0.25) is 5.43 Å². The van der Waals surface area contributed by atoms with Crippen molar-refractivity contribution in [2.45, 2.75) is 19.0 Å². The molecule has 3 nitrogen and oxygen atoms in total. The number of thiocarbonyl (C=S) groups is 1. The van der Waals surface area contributed by atoms with E-state index in [-0.39, 0.29) is 10.8 Å². The molecule has 2 aliphatic rings. The molecule has 2 atom stereocenters. The summed E-state index contributed by atoms with van der Waals surface area (Å²) in [5.41, 5.74) is 2.79. The van der Waals surface area contributed by atoms with Crippen molar-refractivity contribution >= 4 is 28.7 Å². The molecular formula is C15H14F3N3S. The van der Waals surface area contributed by atoms with E-state index < -0.39 is 11.7 Å². The van der Waals surface area contributed by atoms with Gasteiger partial charge in [-0.15, -0.1) is 0 Å². The fourth-order valence-electron chi connectivity index (χ4n) is 2.77. The van der Waals surface area contributed by atoms with Gasteiger partial charge in [0.2, 0.25) is 0 Å². The van der Waals surface area contributed by atoms with Gasteiger partial charge in [-0.05, 0) is 43.1 Å². The summed E-state index contributed by atoms with van der Waals surface area (Å²) in [6, 6.07) is 5.21. The van der Waals surface area contributed by atoms with Crippen LogP contribution in [0.3, 0.4) is 0 Å². The third kappa shape index (κ3) is 2.99. The molecule has 1 aromatic carbocycles. The van der Waals surface area contributed by atoms with Gasteiger partial charge in [0.25, 0.3) is 0 Å². The highest BCUT2D eigenvalue weighted by Gasteiger charge is 2.38. The number of nitrogens with one attached hydrogen (secondary N) is 2. The van der Waals surface area contributed by atoms with Gasteiger partial charge in [0.15, 0.2) is 5.11 Å². The second-order valence-corrected chi connectivity index (χ2v) is 5.77. The molecule has 116 valence electrons. The molecular weight excluding hydrogens is 311 g/mol. The molecule has 0 aromatic heterocycles. The number of nitrogens with zero attached hydrogens (tertiary/aromatic N) is 1. The lowest BCUT2D eigenvalue weighted by Gasteiger charge is -2.31. The molecule has 1 fully saturated rings. The van der Waals surface area contributed by atoms with Crippen LogP contribution in [0.1, 0.15) is 18.4 Å². The first-order valence-electron chi connectivity index (χ1n) is 6.91. The largest absolute Gasteiger partial charge is 0.418 e. The molecule has 2 N–H and O–H groups in total. The number of rotatable bonds is 2. The van der Waals surface area contributed by atoms with E-state index in [1.54, 1.807) is 0 Å². The Morgan fingerprint density at radius 2 is 2.05 bits per heavy atom. The summed E-state index contributed by atoms with van der Waals surface area (Å²) in [6.45, 7) is 0. The number of alkyl halides is 3. The van der Waals surface area contributed by atoms with Crippen LogP contribution in [0, 0.1) is 11.8 Å². The van der Waals surface area contributed by atoms with Gasteiger partial charge < -0.3 is 5.32 Å². The van der Waals surface area contributed by atoms with Crippen LogP contribution in [0.2, 0.25) is 0 Å². The third-order valence-electron chi connectivity index (χ3n) is 3.93. The van der Waals surface area contributed by atoms with Gasteiger partial charge in [0.05, 0.1) is 11.3 Å².